The van der Waals surface area contributed by atoms with Gasteiger partial charge < -0.3 is 10.1 Å². The van der Waals surface area contributed by atoms with E-state index in [1.807, 2.05) is 12.1 Å². The van der Waals surface area contributed by atoms with Gasteiger partial charge in [0.15, 0.2) is 6.10 Å². The maximum Gasteiger partial charge on any atom is 0.338 e. The Labute approximate surface area is 148 Å². The zero-order valence-electron chi connectivity index (χ0n) is 14.6. The van der Waals surface area contributed by atoms with Crippen LogP contribution < -0.4 is 5.32 Å². The molecule has 1 aromatic carbocycles. The number of benzene rings is 1. The summed E-state index contributed by atoms with van der Waals surface area (Å²) in [4.78, 5) is 24.7. The van der Waals surface area contributed by atoms with Gasteiger partial charge in [-0.3, -0.25) is 4.79 Å². The Bertz CT molecular complexity index is 714. The van der Waals surface area contributed by atoms with Gasteiger partial charge in [0, 0.05) is 0 Å². The summed E-state index contributed by atoms with van der Waals surface area (Å²) in [5, 5.41) is 12.3. The van der Waals surface area contributed by atoms with Gasteiger partial charge in [-0.15, -0.1) is 0 Å². The Kier molecular flexibility index (Phi) is 5.08. The van der Waals surface area contributed by atoms with Crippen LogP contribution in [0.25, 0.3) is 0 Å². The molecule has 2 aliphatic carbocycles. The van der Waals surface area contributed by atoms with Crippen molar-refractivity contribution in [3.05, 3.63) is 34.9 Å². The number of hydrogen-bond donors (Lipinski definition) is 1. The average Bonchev–Trinajstić information content (AvgIpc) is 3.10. The summed E-state index contributed by atoms with van der Waals surface area (Å²) in [5.74, 6) is -0.898. The van der Waals surface area contributed by atoms with E-state index >= 15 is 0 Å². The summed E-state index contributed by atoms with van der Waals surface area (Å²) >= 11 is 0. The largest absolute Gasteiger partial charge is 0.449 e. The third-order valence-electron chi connectivity index (χ3n) is 5.27. The third kappa shape index (κ3) is 3.84. The molecule has 2 aliphatic rings. The van der Waals surface area contributed by atoms with Gasteiger partial charge >= 0.3 is 5.97 Å². The molecule has 0 aliphatic heterocycles. The molecule has 0 heterocycles. The monoisotopic (exact) mass is 340 g/mol. The Hall–Kier alpha value is -2.35. The molecule has 1 aromatic rings. The number of nitrogens with one attached hydrogen (secondary N) is 1. The minimum absolute atomic E-state index is 0.405. The Balaban J connectivity index is 1.61. The molecule has 0 unspecified atom stereocenters. The van der Waals surface area contributed by atoms with Crippen LogP contribution in [-0.2, 0) is 22.4 Å². The molecule has 1 amide bonds. The fraction of sp³-hybridized carbons (Fsp3) is 0.550. The lowest BCUT2D eigenvalue weighted by Crippen LogP contribution is -2.52. The molecule has 0 spiro atoms. The normalized spacial score (nSPS) is 19.4. The van der Waals surface area contributed by atoms with E-state index in [0.29, 0.717) is 18.4 Å². The first kappa shape index (κ1) is 17.5. The highest BCUT2D eigenvalue weighted by molar-refractivity contribution is 5.92. The summed E-state index contributed by atoms with van der Waals surface area (Å²) < 4.78 is 5.33. The highest BCUT2D eigenvalue weighted by Crippen LogP contribution is 2.28. The topological polar surface area (TPSA) is 79.2 Å². The van der Waals surface area contributed by atoms with Crippen molar-refractivity contribution in [2.45, 2.75) is 69.9 Å². The van der Waals surface area contributed by atoms with E-state index in [9.17, 15) is 14.9 Å². The number of carbonyl (C=O) groups excluding carboxylic acids is 2. The van der Waals surface area contributed by atoms with Crippen LogP contribution in [0.2, 0.25) is 0 Å². The highest BCUT2D eigenvalue weighted by Gasteiger charge is 2.35. The summed E-state index contributed by atoms with van der Waals surface area (Å²) in [6.07, 6.45) is 6.48. The molecule has 0 saturated heterocycles. The SMILES string of the molecule is C[C@H](OC(=O)c1ccc2c(c1)CCC2)C(=O)NC1(C#N)CCCCC1. The van der Waals surface area contributed by atoms with Gasteiger partial charge in [-0.1, -0.05) is 25.3 Å². The number of nitrogens with zero attached hydrogens (tertiary/aromatic N) is 1. The lowest BCUT2D eigenvalue weighted by molar-refractivity contribution is -0.130. The molecule has 0 aromatic heterocycles. The highest BCUT2D eigenvalue weighted by atomic mass is 16.5. The van der Waals surface area contributed by atoms with Crippen molar-refractivity contribution in [1.29, 1.82) is 5.26 Å². The second-order valence-corrected chi connectivity index (χ2v) is 7.13. The predicted molar refractivity (Wildman–Crippen MR) is 92.9 cm³/mol. The summed E-state index contributed by atoms with van der Waals surface area (Å²) in [6.45, 7) is 1.55. The van der Waals surface area contributed by atoms with E-state index in [4.69, 9.17) is 4.74 Å². The number of rotatable bonds is 4. The van der Waals surface area contributed by atoms with E-state index in [0.717, 1.165) is 38.5 Å². The zero-order chi connectivity index (χ0) is 17.9. The lowest BCUT2D eigenvalue weighted by atomic mass is 9.83. The van der Waals surface area contributed by atoms with E-state index < -0.39 is 23.5 Å². The van der Waals surface area contributed by atoms with Gasteiger partial charge in [0.2, 0.25) is 0 Å². The van der Waals surface area contributed by atoms with Gasteiger partial charge in [0.1, 0.15) is 5.54 Å². The second kappa shape index (κ2) is 7.26. The van der Waals surface area contributed by atoms with Crippen LogP contribution in [0.15, 0.2) is 18.2 Å². The average molecular weight is 340 g/mol. The van der Waals surface area contributed by atoms with Crippen molar-refractivity contribution >= 4 is 11.9 Å². The molecule has 1 N–H and O–H groups in total. The van der Waals surface area contributed by atoms with Gasteiger partial charge in [-0.2, -0.15) is 5.26 Å². The number of hydrogen-bond acceptors (Lipinski definition) is 4. The van der Waals surface area contributed by atoms with Crippen molar-refractivity contribution in [3.63, 3.8) is 0 Å². The van der Waals surface area contributed by atoms with Crippen LogP contribution in [0, 0.1) is 11.3 Å². The minimum Gasteiger partial charge on any atom is -0.449 e. The minimum atomic E-state index is -0.923. The van der Waals surface area contributed by atoms with Crippen LogP contribution in [0.1, 0.15) is 66.9 Å². The summed E-state index contributed by atoms with van der Waals surface area (Å²) in [6, 6.07) is 7.84. The lowest BCUT2D eigenvalue weighted by Gasteiger charge is -2.32. The fourth-order valence-electron chi connectivity index (χ4n) is 3.74. The summed E-state index contributed by atoms with van der Waals surface area (Å²) in [5.41, 5.74) is 2.14. The van der Waals surface area contributed by atoms with Crippen LogP contribution in [0.3, 0.4) is 0 Å². The molecular formula is C20H24N2O3. The van der Waals surface area contributed by atoms with Gasteiger partial charge in [-0.05, 0) is 62.3 Å². The number of ether oxygens (including phenoxy) is 1. The van der Waals surface area contributed by atoms with E-state index in [1.165, 1.54) is 11.1 Å². The molecule has 25 heavy (non-hydrogen) atoms. The van der Waals surface area contributed by atoms with Crippen molar-refractivity contribution in [3.8, 4) is 6.07 Å². The van der Waals surface area contributed by atoms with E-state index in [-0.39, 0.29) is 0 Å². The van der Waals surface area contributed by atoms with Crippen LogP contribution in [-0.4, -0.2) is 23.5 Å². The molecule has 0 bridgehead atoms. The summed E-state index contributed by atoms with van der Waals surface area (Å²) in [7, 11) is 0. The number of carbonyl (C=O) groups is 2. The number of aryl methyl sites for hydroxylation is 2. The Morgan fingerprint density at radius 3 is 2.60 bits per heavy atom. The van der Waals surface area contributed by atoms with Crippen LogP contribution in [0.4, 0.5) is 0 Å². The van der Waals surface area contributed by atoms with Gasteiger partial charge in [-0.25, -0.2) is 4.79 Å². The quantitative estimate of drug-likeness (QED) is 0.854. The second-order valence-electron chi connectivity index (χ2n) is 7.13. The number of esters is 1. The Morgan fingerprint density at radius 1 is 1.16 bits per heavy atom. The maximum atomic E-state index is 12.4. The number of nitriles is 1. The van der Waals surface area contributed by atoms with E-state index in [2.05, 4.69) is 11.4 Å². The van der Waals surface area contributed by atoms with Crippen molar-refractivity contribution in [1.82, 2.24) is 5.32 Å². The first-order chi connectivity index (χ1) is 12.0. The predicted octanol–water partition coefficient (Wildman–Crippen LogP) is 3.06. The maximum absolute atomic E-state index is 12.4. The molecule has 3 rings (SSSR count). The first-order valence-electron chi connectivity index (χ1n) is 9.09. The van der Waals surface area contributed by atoms with Crippen molar-refractivity contribution in [2.75, 3.05) is 0 Å². The van der Waals surface area contributed by atoms with Crippen LogP contribution in [0.5, 0.6) is 0 Å². The molecule has 1 saturated carbocycles. The molecule has 0 radical (unpaired) electrons. The fourth-order valence-corrected chi connectivity index (χ4v) is 3.74. The first-order valence-corrected chi connectivity index (χ1v) is 9.09. The van der Waals surface area contributed by atoms with Crippen molar-refractivity contribution < 1.29 is 14.3 Å². The smallest absolute Gasteiger partial charge is 0.338 e. The Morgan fingerprint density at radius 2 is 1.88 bits per heavy atom. The zero-order valence-corrected chi connectivity index (χ0v) is 14.6. The molecule has 1 fully saturated rings. The van der Waals surface area contributed by atoms with Crippen molar-refractivity contribution in [2.24, 2.45) is 0 Å². The van der Waals surface area contributed by atoms with E-state index in [1.54, 1.807) is 13.0 Å². The van der Waals surface area contributed by atoms with Gasteiger partial charge in [0.05, 0.1) is 11.6 Å². The van der Waals surface area contributed by atoms with Crippen LogP contribution >= 0.6 is 0 Å². The molecule has 132 valence electrons. The molecule has 5 heteroatoms. The molecule has 1 atom stereocenters. The van der Waals surface area contributed by atoms with Gasteiger partial charge in [0.25, 0.3) is 5.91 Å². The number of amides is 1. The molecule has 5 nitrogen and oxygen atoms in total. The number of fused-ring (bicyclic) bond motifs is 1. The third-order valence-corrected chi connectivity index (χ3v) is 5.27. The molecular weight excluding hydrogens is 316 g/mol. The standard InChI is InChI=1S/C20H24N2O3/c1-14(18(23)22-20(13-21)10-3-2-4-11-20)25-19(24)17-9-8-15-6-5-7-16(15)12-17/h8-9,12,14H,2-7,10-11H2,1H3,(H,22,23)/t14-/m0/s1.